The monoisotopic (exact) mass is 332 g/mol. The van der Waals surface area contributed by atoms with Gasteiger partial charge in [0.2, 0.25) is 10.0 Å². The predicted octanol–water partition coefficient (Wildman–Crippen LogP) is 0.944. The molecule has 0 radical (unpaired) electrons. The van der Waals surface area contributed by atoms with Gasteiger partial charge in [-0.25, -0.2) is 18.1 Å². The Morgan fingerprint density at radius 1 is 1.29 bits per heavy atom. The highest BCUT2D eigenvalue weighted by Gasteiger charge is 2.01. The van der Waals surface area contributed by atoms with Crippen LogP contribution in [0.1, 0.15) is 12.5 Å². The van der Waals surface area contributed by atoms with Gasteiger partial charge in [-0.15, -0.1) is 0 Å². The van der Waals surface area contributed by atoms with E-state index in [1.807, 2.05) is 31.2 Å². The Morgan fingerprint density at radius 3 is 2.67 bits per heavy atom. The third-order valence-corrected chi connectivity index (χ3v) is 3.40. The maximum absolute atomic E-state index is 10.9. The number of benzene rings is 1. The van der Waals surface area contributed by atoms with Crippen LogP contribution >= 0.6 is 11.6 Å². The lowest BCUT2D eigenvalue weighted by molar-refractivity contribution is 0.586. The minimum Gasteiger partial charge on any atom is -0.357 e. The van der Waals surface area contributed by atoms with E-state index < -0.39 is 10.0 Å². The van der Waals surface area contributed by atoms with Crippen LogP contribution in [0.3, 0.4) is 0 Å². The zero-order valence-corrected chi connectivity index (χ0v) is 13.8. The molecule has 0 aliphatic heterocycles. The number of sulfonamides is 1. The molecule has 21 heavy (non-hydrogen) atoms. The first kappa shape index (κ1) is 17.7. The van der Waals surface area contributed by atoms with Crippen molar-refractivity contribution in [3.63, 3.8) is 0 Å². The molecule has 0 amide bonds. The molecule has 0 fully saturated rings. The Bertz CT molecular complexity index is 575. The third-order valence-electron chi connectivity index (χ3n) is 2.43. The molecule has 0 heterocycles. The van der Waals surface area contributed by atoms with Gasteiger partial charge in [0.25, 0.3) is 0 Å². The zero-order valence-electron chi connectivity index (χ0n) is 12.2. The predicted molar refractivity (Wildman–Crippen MR) is 87.1 cm³/mol. The molecule has 1 rings (SSSR count). The van der Waals surface area contributed by atoms with E-state index in [2.05, 4.69) is 20.3 Å². The fourth-order valence-electron chi connectivity index (χ4n) is 1.56. The summed E-state index contributed by atoms with van der Waals surface area (Å²) < 4.78 is 24.3. The van der Waals surface area contributed by atoms with E-state index in [4.69, 9.17) is 11.6 Å². The summed E-state index contributed by atoms with van der Waals surface area (Å²) in [6, 6.07) is 7.50. The standard InChI is InChI=1S/C13H21ClN4O2S/c1-3-15-13(16-7-8-18-21(2,19)20)17-10-11-5-4-6-12(14)9-11/h4-6,9,18H,3,7-8,10H2,1-2H3,(H2,15,16,17). The molecule has 0 aliphatic carbocycles. The number of rotatable bonds is 7. The number of aliphatic imine (C=N–C) groups is 1. The second-order valence-electron chi connectivity index (χ2n) is 4.42. The van der Waals surface area contributed by atoms with Gasteiger partial charge in [0.05, 0.1) is 12.8 Å². The van der Waals surface area contributed by atoms with Crippen LogP contribution in [0.4, 0.5) is 0 Å². The molecule has 0 spiro atoms. The van der Waals surface area contributed by atoms with Crippen LogP contribution in [0, 0.1) is 0 Å². The summed E-state index contributed by atoms with van der Waals surface area (Å²) in [6.45, 7) is 3.94. The second kappa shape index (κ2) is 8.86. The molecule has 0 bridgehead atoms. The number of hydrogen-bond donors (Lipinski definition) is 3. The lowest BCUT2D eigenvalue weighted by Gasteiger charge is -2.11. The molecule has 118 valence electrons. The van der Waals surface area contributed by atoms with Crippen LogP contribution in [0.2, 0.25) is 5.02 Å². The SMILES string of the molecule is CCNC(=NCc1cccc(Cl)c1)NCCNS(C)(=O)=O. The lowest BCUT2D eigenvalue weighted by atomic mass is 10.2. The number of nitrogens with one attached hydrogen (secondary N) is 3. The van der Waals surface area contributed by atoms with E-state index in [1.54, 1.807) is 0 Å². The molecule has 6 nitrogen and oxygen atoms in total. The maximum atomic E-state index is 10.9. The van der Waals surface area contributed by atoms with E-state index in [0.29, 0.717) is 30.6 Å². The molecule has 0 aliphatic rings. The van der Waals surface area contributed by atoms with Gasteiger partial charge >= 0.3 is 0 Å². The van der Waals surface area contributed by atoms with Crippen LogP contribution in [-0.2, 0) is 16.6 Å². The molecular formula is C13H21ClN4O2S. The summed E-state index contributed by atoms with van der Waals surface area (Å²) >= 11 is 5.92. The normalized spacial score (nSPS) is 12.2. The van der Waals surface area contributed by atoms with Gasteiger partial charge in [0.15, 0.2) is 5.96 Å². The van der Waals surface area contributed by atoms with Gasteiger partial charge in [0.1, 0.15) is 0 Å². The van der Waals surface area contributed by atoms with Crippen molar-refractivity contribution in [3.8, 4) is 0 Å². The molecule has 0 saturated carbocycles. The van der Waals surface area contributed by atoms with Gasteiger partial charge < -0.3 is 10.6 Å². The summed E-state index contributed by atoms with van der Waals surface area (Å²) in [6.07, 6.45) is 1.13. The Kier molecular flexibility index (Phi) is 7.49. The van der Waals surface area contributed by atoms with E-state index >= 15 is 0 Å². The number of hydrogen-bond acceptors (Lipinski definition) is 3. The average molecular weight is 333 g/mol. The van der Waals surface area contributed by atoms with E-state index in [1.165, 1.54) is 0 Å². The molecule has 3 N–H and O–H groups in total. The number of guanidine groups is 1. The summed E-state index contributed by atoms with van der Waals surface area (Å²) in [4.78, 5) is 4.42. The molecular weight excluding hydrogens is 312 g/mol. The van der Waals surface area contributed by atoms with Gasteiger partial charge in [0, 0.05) is 24.7 Å². The van der Waals surface area contributed by atoms with Crippen molar-refractivity contribution < 1.29 is 8.42 Å². The largest absolute Gasteiger partial charge is 0.357 e. The van der Waals surface area contributed by atoms with Crippen LogP contribution in [0.5, 0.6) is 0 Å². The number of nitrogens with zero attached hydrogens (tertiary/aromatic N) is 1. The smallest absolute Gasteiger partial charge is 0.208 e. The summed E-state index contributed by atoms with van der Waals surface area (Å²) in [5.74, 6) is 0.632. The van der Waals surface area contributed by atoms with Gasteiger partial charge in [-0.2, -0.15) is 0 Å². The van der Waals surface area contributed by atoms with E-state index in [9.17, 15) is 8.42 Å². The minimum absolute atomic E-state index is 0.306. The third kappa shape index (κ3) is 8.54. The fraction of sp³-hybridized carbons (Fsp3) is 0.462. The summed E-state index contributed by atoms with van der Waals surface area (Å²) in [7, 11) is -3.16. The van der Waals surface area contributed by atoms with Crippen LogP contribution < -0.4 is 15.4 Å². The topological polar surface area (TPSA) is 82.6 Å². The first-order valence-electron chi connectivity index (χ1n) is 6.62. The highest BCUT2D eigenvalue weighted by molar-refractivity contribution is 7.88. The quantitative estimate of drug-likeness (QED) is 0.394. The summed E-state index contributed by atoms with van der Waals surface area (Å²) in [5, 5.41) is 6.83. The molecule has 0 aromatic heterocycles. The van der Waals surface area contributed by atoms with Crippen molar-refractivity contribution in [3.05, 3.63) is 34.9 Å². The number of halogens is 1. The highest BCUT2D eigenvalue weighted by Crippen LogP contribution is 2.11. The van der Waals surface area contributed by atoms with Crippen molar-refractivity contribution in [1.29, 1.82) is 0 Å². The van der Waals surface area contributed by atoms with Gasteiger partial charge in [-0.1, -0.05) is 23.7 Å². The Morgan fingerprint density at radius 2 is 2.05 bits per heavy atom. The lowest BCUT2D eigenvalue weighted by Crippen LogP contribution is -2.41. The molecule has 1 aromatic rings. The van der Waals surface area contributed by atoms with Gasteiger partial charge in [-0.3, -0.25) is 0 Å². The first-order chi connectivity index (χ1) is 9.90. The molecule has 8 heteroatoms. The Hall–Kier alpha value is -1.31. The van der Waals surface area contributed by atoms with Crippen molar-refractivity contribution in [2.24, 2.45) is 4.99 Å². The summed E-state index contributed by atoms with van der Waals surface area (Å²) in [5.41, 5.74) is 1.01. The van der Waals surface area contributed by atoms with Gasteiger partial charge in [-0.05, 0) is 24.6 Å². The molecule has 0 saturated heterocycles. The Balaban J connectivity index is 2.50. The van der Waals surface area contributed by atoms with Crippen LogP contribution in [0.25, 0.3) is 0 Å². The Labute approximate surface area is 131 Å². The fourth-order valence-corrected chi connectivity index (χ4v) is 2.25. The van der Waals surface area contributed by atoms with E-state index in [-0.39, 0.29) is 0 Å². The van der Waals surface area contributed by atoms with E-state index in [0.717, 1.165) is 18.4 Å². The van der Waals surface area contributed by atoms with Crippen molar-refractivity contribution in [2.75, 3.05) is 25.9 Å². The first-order valence-corrected chi connectivity index (χ1v) is 8.89. The van der Waals surface area contributed by atoms with Crippen LogP contribution in [0.15, 0.2) is 29.3 Å². The second-order valence-corrected chi connectivity index (χ2v) is 6.69. The highest BCUT2D eigenvalue weighted by atomic mass is 35.5. The molecule has 0 unspecified atom stereocenters. The minimum atomic E-state index is -3.16. The van der Waals surface area contributed by atoms with Crippen molar-refractivity contribution >= 4 is 27.6 Å². The average Bonchev–Trinajstić information content (AvgIpc) is 2.39. The molecule has 1 aromatic carbocycles. The zero-order chi connectivity index (χ0) is 15.7. The van der Waals surface area contributed by atoms with Crippen LogP contribution in [-0.4, -0.2) is 40.3 Å². The molecule has 0 atom stereocenters. The maximum Gasteiger partial charge on any atom is 0.208 e. The van der Waals surface area contributed by atoms with Crippen molar-refractivity contribution in [1.82, 2.24) is 15.4 Å². The van der Waals surface area contributed by atoms with Crippen molar-refractivity contribution in [2.45, 2.75) is 13.5 Å².